The van der Waals surface area contributed by atoms with E-state index < -0.39 is 17.0 Å². The molecule has 1 N–H and O–H groups in total. The molecule has 2 aromatic heterocycles. The number of carboxylic acids is 1. The van der Waals surface area contributed by atoms with Crippen LogP contribution in [0.2, 0.25) is 5.02 Å². The van der Waals surface area contributed by atoms with Crippen molar-refractivity contribution < 1.29 is 18.7 Å². The fourth-order valence-corrected chi connectivity index (χ4v) is 2.12. The zero-order chi connectivity index (χ0) is 14.3. The monoisotopic (exact) mass is 290 g/mol. The maximum atomic E-state index is 12.3. The molecule has 0 aliphatic carbocycles. The Labute approximate surface area is 117 Å². The Balaban J connectivity index is 2.46. The SMILES string of the molecule is O=C(O)c1c(-c2ccco2)oc2ccc(Cl)cc2c1=O. The molecule has 0 unspecified atom stereocenters. The van der Waals surface area contributed by atoms with Gasteiger partial charge in [-0.1, -0.05) is 11.6 Å². The summed E-state index contributed by atoms with van der Waals surface area (Å²) in [5.74, 6) is -1.31. The molecule has 6 heteroatoms. The summed E-state index contributed by atoms with van der Waals surface area (Å²) >= 11 is 5.82. The highest BCUT2D eigenvalue weighted by Crippen LogP contribution is 2.27. The summed E-state index contributed by atoms with van der Waals surface area (Å²) in [6, 6.07) is 7.54. The van der Waals surface area contributed by atoms with Gasteiger partial charge >= 0.3 is 5.97 Å². The second-order valence-corrected chi connectivity index (χ2v) is 4.49. The molecule has 0 atom stereocenters. The van der Waals surface area contributed by atoms with Crippen LogP contribution < -0.4 is 5.43 Å². The topological polar surface area (TPSA) is 80.7 Å². The van der Waals surface area contributed by atoms with E-state index in [1.807, 2.05) is 0 Å². The van der Waals surface area contributed by atoms with Crippen LogP contribution >= 0.6 is 11.6 Å². The molecule has 0 saturated heterocycles. The van der Waals surface area contributed by atoms with Crippen LogP contribution in [-0.2, 0) is 0 Å². The van der Waals surface area contributed by atoms with Crippen LogP contribution in [0.5, 0.6) is 0 Å². The molecule has 0 radical (unpaired) electrons. The number of benzene rings is 1. The van der Waals surface area contributed by atoms with Crippen molar-refractivity contribution in [2.75, 3.05) is 0 Å². The highest BCUT2D eigenvalue weighted by atomic mass is 35.5. The average molecular weight is 291 g/mol. The van der Waals surface area contributed by atoms with E-state index in [1.165, 1.54) is 24.5 Å². The first-order chi connectivity index (χ1) is 9.58. The van der Waals surface area contributed by atoms with Gasteiger partial charge < -0.3 is 13.9 Å². The number of carboxylic acid groups (broad SMARTS) is 1. The molecule has 0 bridgehead atoms. The smallest absolute Gasteiger partial charge is 0.343 e. The van der Waals surface area contributed by atoms with Crippen molar-refractivity contribution in [1.82, 2.24) is 0 Å². The third kappa shape index (κ3) is 1.88. The van der Waals surface area contributed by atoms with Crippen LogP contribution in [0, 0.1) is 0 Å². The third-order valence-corrected chi connectivity index (χ3v) is 3.05. The Morgan fingerprint density at radius 2 is 2.05 bits per heavy atom. The summed E-state index contributed by atoms with van der Waals surface area (Å²) < 4.78 is 10.6. The molecule has 20 heavy (non-hydrogen) atoms. The number of rotatable bonds is 2. The van der Waals surface area contributed by atoms with E-state index in [4.69, 9.17) is 20.4 Å². The molecule has 0 aliphatic heterocycles. The van der Waals surface area contributed by atoms with Crippen molar-refractivity contribution in [2.45, 2.75) is 0 Å². The molecular formula is C14H7ClO5. The van der Waals surface area contributed by atoms with E-state index >= 15 is 0 Å². The van der Waals surface area contributed by atoms with Gasteiger partial charge in [-0.15, -0.1) is 0 Å². The maximum Gasteiger partial charge on any atom is 0.343 e. The van der Waals surface area contributed by atoms with Crippen molar-refractivity contribution in [3.63, 3.8) is 0 Å². The standard InChI is InChI=1S/C14H7ClO5/c15-7-3-4-9-8(6-7)12(16)11(14(17)18)13(20-9)10-2-1-5-19-10/h1-6H,(H,17,18). The number of furan rings is 1. The van der Waals surface area contributed by atoms with E-state index in [1.54, 1.807) is 12.1 Å². The van der Waals surface area contributed by atoms with Crippen molar-refractivity contribution in [3.05, 3.63) is 57.4 Å². The zero-order valence-electron chi connectivity index (χ0n) is 9.92. The second kappa shape index (κ2) is 4.54. The molecular weight excluding hydrogens is 284 g/mol. The first-order valence-electron chi connectivity index (χ1n) is 5.61. The highest BCUT2D eigenvalue weighted by molar-refractivity contribution is 6.31. The van der Waals surface area contributed by atoms with Gasteiger partial charge in [-0.3, -0.25) is 4.79 Å². The number of aromatic carboxylic acids is 1. The summed E-state index contributed by atoms with van der Waals surface area (Å²) in [5.41, 5.74) is -0.891. The number of hydrogen-bond acceptors (Lipinski definition) is 4. The minimum atomic E-state index is -1.38. The molecule has 3 aromatic rings. The number of fused-ring (bicyclic) bond motifs is 1. The van der Waals surface area contributed by atoms with Gasteiger partial charge in [0.1, 0.15) is 5.58 Å². The van der Waals surface area contributed by atoms with Gasteiger partial charge in [0.2, 0.25) is 5.43 Å². The maximum absolute atomic E-state index is 12.3. The van der Waals surface area contributed by atoms with E-state index in [9.17, 15) is 14.7 Å². The Morgan fingerprint density at radius 1 is 1.25 bits per heavy atom. The Hall–Kier alpha value is -2.53. The Bertz CT molecular complexity index is 861. The van der Waals surface area contributed by atoms with E-state index in [2.05, 4.69) is 0 Å². The fraction of sp³-hybridized carbons (Fsp3) is 0. The molecule has 0 amide bonds. The number of carbonyl (C=O) groups is 1. The molecule has 0 spiro atoms. The molecule has 3 rings (SSSR count). The van der Waals surface area contributed by atoms with Crippen LogP contribution in [0.25, 0.3) is 22.5 Å². The summed E-state index contributed by atoms with van der Waals surface area (Å²) in [6.07, 6.45) is 1.37. The largest absolute Gasteiger partial charge is 0.477 e. The van der Waals surface area contributed by atoms with Crippen molar-refractivity contribution >= 4 is 28.5 Å². The molecule has 5 nitrogen and oxygen atoms in total. The summed E-state index contributed by atoms with van der Waals surface area (Å²) in [6.45, 7) is 0. The third-order valence-electron chi connectivity index (χ3n) is 2.81. The van der Waals surface area contributed by atoms with E-state index in [-0.39, 0.29) is 22.5 Å². The van der Waals surface area contributed by atoms with Crippen molar-refractivity contribution in [3.8, 4) is 11.5 Å². The molecule has 1 aromatic carbocycles. The minimum absolute atomic E-state index is 0.109. The van der Waals surface area contributed by atoms with Crippen LogP contribution in [-0.4, -0.2) is 11.1 Å². The van der Waals surface area contributed by atoms with Gasteiger partial charge in [0, 0.05) is 5.02 Å². The normalized spacial score (nSPS) is 10.8. The Morgan fingerprint density at radius 3 is 2.70 bits per heavy atom. The van der Waals surface area contributed by atoms with Crippen LogP contribution in [0.1, 0.15) is 10.4 Å². The summed E-state index contributed by atoms with van der Waals surface area (Å²) in [7, 11) is 0. The van der Waals surface area contributed by atoms with E-state index in [0.29, 0.717) is 5.02 Å². The Kier molecular flexibility index (Phi) is 2.84. The molecule has 100 valence electrons. The lowest BCUT2D eigenvalue weighted by molar-refractivity contribution is 0.0694. The fourth-order valence-electron chi connectivity index (χ4n) is 1.94. The summed E-state index contributed by atoms with van der Waals surface area (Å²) in [4.78, 5) is 23.6. The minimum Gasteiger partial charge on any atom is -0.477 e. The van der Waals surface area contributed by atoms with Gasteiger partial charge in [-0.05, 0) is 30.3 Å². The van der Waals surface area contributed by atoms with Crippen LogP contribution in [0.15, 0.2) is 50.2 Å². The van der Waals surface area contributed by atoms with E-state index in [0.717, 1.165) is 0 Å². The second-order valence-electron chi connectivity index (χ2n) is 4.06. The number of halogens is 1. The molecule has 2 heterocycles. The van der Waals surface area contributed by atoms with Gasteiger partial charge in [0.25, 0.3) is 0 Å². The molecule has 0 saturated carbocycles. The average Bonchev–Trinajstić information content (AvgIpc) is 2.92. The molecule has 0 fully saturated rings. The lowest BCUT2D eigenvalue weighted by Crippen LogP contribution is -2.16. The quantitative estimate of drug-likeness (QED) is 0.782. The highest BCUT2D eigenvalue weighted by Gasteiger charge is 2.23. The van der Waals surface area contributed by atoms with Gasteiger partial charge in [-0.2, -0.15) is 0 Å². The van der Waals surface area contributed by atoms with Crippen molar-refractivity contribution in [1.29, 1.82) is 0 Å². The van der Waals surface area contributed by atoms with Gasteiger partial charge in [0.05, 0.1) is 11.6 Å². The summed E-state index contributed by atoms with van der Waals surface area (Å²) in [5, 5.41) is 9.68. The first kappa shape index (κ1) is 12.5. The molecule has 0 aliphatic rings. The van der Waals surface area contributed by atoms with Crippen LogP contribution in [0.4, 0.5) is 0 Å². The van der Waals surface area contributed by atoms with Gasteiger partial charge in [0.15, 0.2) is 17.1 Å². The number of hydrogen-bond donors (Lipinski definition) is 1. The van der Waals surface area contributed by atoms with Crippen LogP contribution in [0.3, 0.4) is 0 Å². The first-order valence-corrected chi connectivity index (χ1v) is 5.99. The van der Waals surface area contributed by atoms with Gasteiger partial charge in [-0.25, -0.2) is 4.79 Å². The van der Waals surface area contributed by atoms with Crippen molar-refractivity contribution in [2.24, 2.45) is 0 Å². The lowest BCUT2D eigenvalue weighted by Gasteiger charge is -2.05. The lowest BCUT2D eigenvalue weighted by atomic mass is 10.1. The predicted octanol–water partition coefficient (Wildman–Crippen LogP) is 3.40. The predicted molar refractivity (Wildman–Crippen MR) is 72.2 cm³/mol. The zero-order valence-corrected chi connectivity index (χ0v) is 10.7.